The second-order valence-corrected chi connectivity index (χ2v) is 4.38. The first-order valence-electron chi connectivity index (χ1n) is 6.38. The third kappa shape index (κ3) is 5.02. The Morgan fingerprint density at radius 1 is 1.41 bits per heavy atom. The first-order chi connectivity index (χ1) is 8.15. The van der Waals surface area contributed by atoms with Gasteiger partial charge in [0.2, 0.25) is 5.91 Å². The largest absolute Gasteiger partial charge is 0.379 e. The summed E-state index contributed by atoms with van der Waals surface area (Å²) in [6.07, 6.45) is 2.04. The number of carbonyl (C=O) groups is 1. The Kier molecular flexibility index (Phi) is 6.47. The van der Waals surface area contributed by atoms with Crippen molar-refractivity contribution in [2.45, 2.75) is 38.8 Å². The van der Waals surface area contributed by atoms with E-state index in [0.717, 1.165) is 32.5 Å². The maximum atomic E-state index is 11.6. The minimum Gasteiger partial charge on any atom is -0.379 e. The van der Waals surface area contributed by atoms with Gasteiger partial charge in [0.1, 0.15) is 0 Å². The highest BCUT2D eigenvalue weighted by atomic mass is 16.5. The molecule has 5 nitrogen and oxygen atoms in total. The minimum atomic E-state index is -0.398. The molecule has 0 bridgehead atoms. The first kappa shape index (κ1) is 14.4. The molecule has 0 saturated carbocycles. The van der Waals surface area contributed by atoms with Crippen LogP contribution in [0.5, 0.6) is 0 Å². The number of likely N-dealkylation sites (tertiary alicyclic amines) is 1. The Morgan fingerprint density at radius 2 is 2.06 bits per heavy atom. The molecule has 0 aromatic carbocycles. The number of hydrogen-bond acceptors (Lipinski definition) is 4. The van der Waals surface area contributed by atoms with E-state index in [1.54, 1.807) is 6.92 Å². The van der Waals surface area contributed by atoms with E-state index in [1.165, 1.54) is 0 Å². The van der Waals surface area contributed by atoms with Crippen LogP contribution in [0.1, 0.15) is 26.7 Å². The summed E-state index contributed by atoms with van der Waals surface area (Å²) in [6, 6.07) is -0.398. The van der Waals surface area contributed by atoms with Crippen LogP contribution < -0.4 is 5.73 Å². The maximum absolute atomic E-state index is 11.6. The molecule has 1 rings (SSSR count). The molecule has 0 unspecified atom stereocenters. The maximum Gasteiger partial charge on any atom is 0.239 e. The third-order valence-corrected chi connectivity index (χ3v) is 2.93. The van der Waals surface area contributed by atoms with Crippen molar-refractivity contribution in [3.05, 3.63) is 0 Å². The lowest BCUT2D eigenvalue weighted by atomic mass is 10.1. The van der Waals surface area contributed by atoms with E-state index in [-0.39, 0.29) is 12.0 Å². The fraction of sp³-hybridized carbons (Fsp3) is 0.917. The smallest absolute Gasteiger partial charge is 0.239 e. The molecule has 1 amide bonds. The average Bonchev–Trinajstić information content (AvgIpc) is 2.34. The summed E-state index contributed by atoms with van der Waals surface area (Å²) in [5.41, 5.74) is 5.58. The topological polar surface area (TPSA) is 64.8 Å². The quantitative estimate of drug-likeness (QED) is 0.686. The molecule has 0 radical (unpaired) electrons. The first-order valence-corrected chi connectivity index (χ1v) is 6.38. The average molecular weight is 244 g/mol. The van der Waals surface area contributed by atoms with Gasteiger partial charge in [-0.2, -0.15) is 0 Å². The monoisotopic (exact) mass is 244 g/mol. The van der Waals surface area contributed by atoms with Crippen molar-refractivity contribution in [1.82, 2.24) is 4.90 Å². The summed E-state index contributed by atoms with van der Waals surface area (Å²) in [5, 5.41) is 0. The summed E-state index contributed by atoms with van der Waals surface area (Å²) in [6.45, 7) is 7.21. The van der Waals surface area contributed by atoms with Gasteiger partial charge in [0, 0.05) is 19.7 Å². The van der Waals surface area contributed by atoms with Crippen molar-refractivity contribution < 1.29 is 14.3 Å². The molecule has 1 saturated heterocycles. The van der Waals surface area contributed by atoms with Gasteiger partial charge in [-0.15, -0.1) is 0 Å². The number of amides is 1. The fourth-order valence-corrected chi connectivity index (χ4v) is 1.95. The summed E-state index contributed by atoms with van der Waals surface area (Å²) in [4.78, 5) is 13.5. The highest BCUT2D eigenvalue weighted by molar-refractivity contribution is 5.81. The van der Waals surface area contributed by atoms with Crippen molar-refractivity contribution in [2.75, 3.05) is 32.9 Å². The van der Waals surface area contributed by atoms with Crippen molar-refractivity contribution in [2.24, 2.45) is 5.73 Å². The van der Waals surface area contributed by atoms with Crippen LogP contribution in [0, 0.1) is 0 Å². The predicted octanol–water partition coefficient (Wildman–Crippen LogP) is 0.378. The van der Waals surface area contributed by atoms with Crippen LogP contribution in [0.25, 0.3) is 0 Å². The zero-order valence-corrected chi connectivity index (χ0v) is 10.9. The number of ether oxygens (including phenoxy) is 2. The summed E-state index contributed by atoms with van der Waals surface area (Å²) >= 11 is 0. The Hall–Kier alpha value is -0.650. The lowest BCUT2D eigenvalue weighted by molar-refractivity contribution is -0.135. The molecule has 0 aromatic rings. The van der Waals surface area contributed by atoms with E-state index in [4.69, 9.17) is 15.2 Å². The molecule has 0 spiro atoms. The molecule has 1 atom stereocenters. The molecule has 1 aliphatic heterocycles. The molecule has 17 heavy (non-hydrogen) atoms. The van der Waals surface area contributed by atoms with E-state index in [9.17, 15) is 4.79 Å². The Labute approximate surface area is 103 Å². The highest BCUT2D eigenvalue weighted by Gasteiger charge is 2.24. The van der Waals surface area contributed by atoms with E-state index >= 15 is 0 Å². The lowest BCUT2D eigenvalue weighted by Gasteiger charge is -2.32. The second-order valence-electron chi connectivity index (χ2n) is 4.38. The molecule has 0 aliphatic carbocycles. The van der Waals surface area contributed by atoms with Crippen LogP contribution >= 0.6 is 0 Å². The Bertz CT molecular complexity index is 226. The van der Waals surface area contributed by atoms with Crippen LogP contribution in [0.3, 0.4) is 0 Å². The minimum absolute atomic E-state index is 0.0396. The van der Waals surface area contributed by atoms with Crippen LogP contribution in [0.2, 0.25) is 0 Å². The van der Waals surface area contributed by atoms with Crippen LogP contribution in [-0.4, -0.2) is 55.9 Å². The third-order valence-electron chi connectivity index (χ3n) is 2.93. The fourth-order valence-electron chi connectivity index (χ4n) is 1.95. The van der Waals surface area contributed by atoms with Gasteiger partial charge < -0.3 is 20.1 Å². The van der Waals surface area contributed by atoms with Gasteiger partial charge in [0.05, 0.1) is 25.4 Å². The molecule has 0 aromatic heterocycles. The van der Waals surface area contributed by atoms with Crippen molar-refractivity contribution >= 4 is 5.91 Å². The van der Waals surface area contributed by atoms with Gasteiger partial charge in [-0.3, -0.25) is 4.79 Å². The van der Waals surface area contributed by atoms with Crippen molar-refractivity contribution in [3.8, 4) is 0 Å². The Morgan fingerprint density at radius 3 is 2.59 bits per heavy atom. The summed E-state index contributed by atoms with van der Waals surface area (Å²) in [7, 11) is 0. The van der Waals surface area contributed by atoms with Gasteiger partial charge in [-0.25, -0.2) is 0 Å². The normalized spacial score (nSPS) is 19.4. The van der Waals surface area contributed by atoms with Crippen LogP contribution in [-0.2, 0) is 14.3 Å². The lowest BCUT2D eigenvalue weighted by Crippen LogP contribution is -2.47. The molecule has 1 aliphatic rings. The molecule has 1 heterocycles. The van der Waals surface area contributed by atoms with Gasteiger partial charge in [-0.05, 0) is 26.7 Å². The Balaban J connectivity index is 2.15. The summed E-state index contributed by atoms with van der Waals surface area (Å²) in [5.74, 6) is 0.0396. The van der Waals surface area contributed by atoms with Gasteiger partial charge in [0.25, 0.3) is 0 Å². The molecule has 100 valence electrons. The zero-order chi connectivity index (χ0) is 12.7. The highest BCUT2D eigenvalue weighted by Crippen LogP contribution is 2.14. The van der Waals surface area contributed by atoms with Crippen molar-refractivity contribution in [1.29, 1.82) is 0 Å². The van der Waals surface area contributed by atoms with E-state index in [1.807, 2.05) is 11.8 Å². The second kappa shape index (κ2) is 7.63. The van der Waals surface area contributed by atoms with E-state index < -0.39 is 6.04 Å². The number of hydrogen-bond donors (Lipinski definition) is 1. The van der Waals surface area contributed by atoms with Gasteiger partial charge in [0.15, 0.2) is 0 Å². The molecule has 5 heteroatoms. The van der Waals surface area contributed by atoms with Gasteiger partial charge in [-0.1, -0.05) is 0 Å². The molecular weight excluding hydrogens is 220 g/mol. The number of nitrogens with two attached hydrogens (primary N) is 1. The summed E-state index contributed by atoms with van der Waals surface area (Å²) < 4.78 is 10.9. The van der Waals surface area contributed by atoms with Crippen LogP contribution in [0.15, 0.2) is 0 Å². The molecule has 1 fully saturated rings. The number of nitrogens with zero attached hydrogens (tertiary/aromatic N) is 1. The van der Waals surface area contributed by atoms with E-state index in [2.05, 4.69) is 0 Å². The standard InChI is InChI=1S/C12H24N2O3/c1-3-16-8-9-17-11-4-6-14(7-5-11)12(15)10(2)13/h10-11H,3-9,13H2,1-2H3/t10-/m0/s1. The number of rotatable bonds is 6. The predicted molar refractivity (Wildman–Crippen MR) is 65.7 cm³/mol. The number of carbonyl (C=O) groups excluding carboxylic acids is 1. The van der Waals surface area contributed by atoms with E-state index in [0.29, 0.717) is 13.2 Å². The molecule has 2 N–H and O–H groups in total. The van der Waals surface area contributed by atoms with Crippen molar-refractivity contribution in [3.63, 3.8) is 0 Å². The SMILES string of the molecule is CCOCCOC1CCN(C(=O)[C@H](C)N)CC1. The van der Waals surface area contributed by atoms with Crippen LogP contribution in [0.4, 0.5) is 0 Å². The molecular formula is C12H24N2O3. The number of piperidine rings is 1. The zero-order valence-electron chi connectivity index (χ0n) is 10.9. The van der Waals surface area contributed by atoms with Gasteiger partial charge >= 0.3 is 0 Å².